The van der Waals surface area contributed by atoms with Gasteiger partial charge in [0.2, 0.25) is 5.39 Å². The van der Waals surface area contributed by atoms with E-state index in [0.717, 1.165) is 15.5 Å². The molecule has 0 aliphatic rings. The van der Waals surface area contributed by atoms with Crippen LogP contribution >= 0.6 is 35.0 Å². The van der Waals surface area contributed by atoms with E-state index in [-0.39, 0.29) is 0 Å². The van der Waals surface area contributed by atoms with Crippen molar-refractivity contribution in [1.29, 1.82) is 5.39 Å². The van der Waals surface area contributed by atoms with Crippen molar-refractivity contribution in [1.82, 2.24) is 0 Å². The zero-order chi connectivity index (χ0) is 14.7. The smallest absolute Gasteiger partial charge is 0.377 e. The third-order valence-corrected chi connectivity index (χ3v) is 4.27. The molecule has 2 aromatic carbocycles. The van der Waals surface area contributed by atoms with Crippen molar-refractivity contribution in [2.45, 2.75) is 9.79 Å². The average Bonchev–Trinajstić information content (AvgIpc) is 2.42. The first kappa shape index (κ1) is 15.0. The molecule has 0 saturated carbocycles. The van der Waals surface area contributed by atoms with E-state index in [2.05, 4.69) is 4.98 Å². The van der Waals surface area contributed by atoms with Crippen molar-refractivity contribution in [3.63, 3.8) is 0 Å². The minimum absolute atomic E-state index is 0.355. The van der Waals surface area contributed by atoms with Gasteiger partial charge >= 0.3 is 5.69 Å². The van der Waals surface area contributed by atoms with Crippen molar-refractivity contribution in [3.05, 3.63) is 51.4 Å². The first-order valence-corrected chi connectivity index (χ1v) is 7.38. The van der Waals surface area contributed by atoms with Crippen molar-refractivity contribution in [3.8, 4) is 0 Å². The third-order valence-electron chi connectivity index (χ3n) is 2.66. The summed E-state index contributed by atoms with van der Waals surface area (Å²) in [6.07, 6.45) is 0. The van der Waals surface area contributed by atoms with Gasteiger partial charge in [-0.15, -0.1) is 0 Å². The van der Waals surface area contributed by atoms with Gasteiger partial charge in [0.1, 0.15) is 5.02 Å². The highest BCUT2D eigenvalue weighted by atomic mass is 35.5. The molecule has 0 bridgehead atoms. The Bertz CT molecular complexity index is 663. The summed E-state index contributed by atoms with van der Waals surface area (Å²) < 4.78 is 0. The topological polar surface area (TPSA) is 31.4 Å². The second kappa shape index (κ2) is 6.36. The van der Waals surface area contributed by atoms with Crippen LogP contribution in [0.5, 0.6) is 0 Å². The molecule has 0 N–H and O–H groups in total. The molecule has 0 unspecified atom stereocenters. The Balaban J connectivity index is 2.44. The average molecular weight is 325 g/mol. The van der Waals surface area contributed by atoms with Gasteiger partial charge in [0, 0.05) is 28.9 Å². The summed E-state index contributed by atoms with van der Waals surface area (Å²) in [5, 5.41) is 10.1. The van der Waals surface area contributed by atoms with Gasteiger partial charge in [0.05, 0.1) is 11.8 Å². The molecule has 0 atom stereocenters. The van der Waals surface area contributed by atoms with Crippen LogP contribution in [0.15, 0.2) is 46.2 Å². The maximum Gasteiger partial charge on any atom is 0.404 e. The lowest BCUT2D eigenvalue weighted by atomic mass is 10.2. The lowest BCUT2D eigenvalue weighted by molar-refractivity contribution is 1.10. The first-order valence-electron chi connectivity index (χ1n) is 5.80. The molecule has 0 amide bonds. The molecular weight excluding hydrogens is 313 g/mol. The van der Waals surface area contributed by atoms with Gasteiger partial charge in [-0.3, -0.25) is 0 Å². The molecule has 20 heavy (non-hydrogen) atoms. The van der Waals surface area contributed by atoms with E-state index in [9.17, 15) is 0 Å². The summed E-state index contributed by atoms with van der Waals surface area (Å²) in [6.45, 7) is 0. The number of nitrogens with zero attached hydrogens (tertiary/aromatic N) is 3. The zero-order valence-corrected chi connectivity index (χ0v) is 13.3. The molecule has 0 aromatic heterocycles. The molecule has 0 aliphatic carbocycles. The fourth-order valence-electron chi connectivity index (χ4n) is 1.67. The molecule has 2 aromatic rings. The Morgan fingerprint density at radius 2 is 1.75 bits per heavy atom. The maximum atomic E-state index is 8.98. The number of benzene rings is 2. The first-order chi connectivity index (χ1) is 9.51. The minimum Gasteiger partial charge on any atom is -0.377 e. The van der Waals surface area contributed by atoms with Gasteiger partial charge in [-0.05, 0) is 30.3 Å². The highest BCUT2D eigenvalue weighted by molar-refractivity contribution is 7.99. The summed E-state index contributed by atoms with van der Waals surface area (Å²) in [5.74, 6) is 0. The predicted octanol–water partition coefficient (Wildman–Crippen LogP) is 5.70. The van der Waals surface area contributed by atoms with Crippen LogP contribution in [0.25, 0.3) is 4.98 Å². The van der Waals surface area contributed by atoms with E-state index in [1.165, 1.54) is 0 Å². The number of hydrogen-bond donors (Lipinski definition) is 0. The number of halogens is 2. The van der Waals surface area contributed by atoms with Gasteiger partial charge < -0.3 is 4.90 Å². The molecule has 2 rings (SSSR count). The van der Waals surface area contributed by atoms with Crippen molar-refractivity contribution in [2.24, 2.45) is 0 Å². The Kier molecular flexibility index (Phi) is 4.77. The molecule has 0 heterocycles. The molecule has 3 nitrogen and oxygen atoms in total. The van der Waals surface area contributed by atoms with Crippen LogP contribution in [0.1, 0.15) is 0 Å². The number of anilines is 1. The van der Waals surface area contributed by atoms with Crippen molar-refractivity contribution in [2.75, 3.05) is 19.0 Å². The molecule has 0 aliphatic heterocycles. The molecule has 6 heteroatoms. The summed E-state index contributed by atoms with van der Waals surface area (Å²) >= 11 is 13.5. The SMILES string of the molecule is CN(C)c1cc(Cl)c([N+]#N)cc1Sc1ccc(Cl)cc1. The Morgan fingerprint density at radius 3 is 2.30 bits per heavy atom. The standard InChI is InChI=1S/C14H12Cl2N3S/c1-19(2)13-7-11(16)12(18-17)8-14(13)20-10-5-3-9(15)4-6-10/h3-8H,1-2H3/q+1. The van der Waals surface area contributed by atoms with Crippen LogP contribution in [0, 0.1) is 5.39 Å². The van der Waals surface area contributed by atoms with Gasteiger partial charge in [-0.2, -0.15) is 0 Å². The van der Waals surface area contributed by atoms with E-state index >= 15 is 0 Å². The molecule has 0 spiro atoms. The molecule has 0 radical (unpaired) electrons. The third kappa shape index (κ3) is 3.37. The van der Waals surface area contributed by atoms with Gasteiger partial charge in [0.15, 0.2) is 4.98 Å². The van der Waals surface area contributed by atoms with Crippen LogP contribution in [-0.2, 0) is 0 Å². The highest BCUT2D eigenvalue weighted by Crippen LogP contribution is 2.41. The Labute approximate surface area is 132 Å². The fourth-order valence-corrected chi connectivity index (χ4v) is 3.03. The number of rotatable bonds is 3. The van der Waals surface area contributed by atoms with E-state index < -0.39 is 0 Å². The van der Waals surface area contributed by atoms with E-state index in [0.29, 0.717) is 15.7 Å². The van der Waals surface area contributed by atoms with Crippen LogP contribution in [-0.4, -0.2) is 14.1 Å². The lowest BCUT2D eigenvalue weighted by Gasteiger charge is -2.16. The van der Waals surface area contributed by atoms with Gasteiger partial charge in [-0.1, -0.05) is 35.0 Å². The van der Waals surface area contributed by atoms with E-state index in [1.807, 2.05) is 43.3 Å². The van der Waals surface area contributed by atoms with Crippen LogP contribution in [0.2, 0.25) is 10.0 Å². The Morgan fingerprint density at radius 1 is 1.10 bits per heavy atom. The highest BCUT2D eigenvalue weighted by Gasteiger charge is 2.18. The quantitative estimate of drug-likeness (QED) is 0.679. The normalized spacial score (nSPS) is 10.2. The van der Waals surface area contributed by atoms with Crippen LogP contribution in [0.4, 0.5) is 11.4 Å². The fraction of sp³-hybridized carbons (Fsp3) is 0.143. The number of diazo groups is 1. The monoisotopic (exact) mass is 324 g/mol. The van der Waals surface area contributed by atoms with Crippen LogP contribution < -0.4 is 4.90 Å². The zero-order valence-electron chi connectivity index (χ0n) is 11.0. The van der Waals surface area contributed by atoms with Crippen molar-refractivity contribution >= 4 is 46.3 Å². The summed E-state index contributed by atoms with van der Waals surface area (Å²) in [5.41, 5.74) is 1.32. The minimum atomic E-state index is 0.355. The molecule has 0 fully saturated rings. The van der Waals surface area contributed by atoms with Gasteiger partial charge in [-0.25, -0.2) is 0 Å². The predicted molar refractivity (Wildman–Crippen MR) is 86.1 cm³/mol. The van der Waals surface area contributed by atoms with E-state index in [1.54, 1.807) is 23.9 Å². The largest absolute Gasteiger partial charge is 0.404 e. The summed E-state index contributed by atoms with van der Waals surface area (Å²) in [6, 6.07) is 11.1. The second-order valence-corrected chi connectivity index (χ2v) is 6.28. The number of hydrogen-bond acceptors (Lipinski definition) is 3. The molecular formula is C14H12Cl2N3S+. The lowest BCUT2D eigenvalue weighted by Crippen LogP contribution is -2.09. The molecule has 102 valence electrons. The van der Waals surface area contributed by atoms with E-state index in [4.69, 9.17) is 28.6 Å². The summed E-state index contributed by atoms with van der Waals surface area (Å²) in [7, 11) is 3.88. The Hall–Kier alpha value is -1.41. The maximum absolute atomic E-state index is 8.98. The molecule has 0 saturated heterocycles. The van der Waals surface area contributed by atoms with Crippen LogP contribution in [0.3, 0.4) is 0 Å². The van der Waals surface area contributed by atoms with Crippen molar-refractivity contribution < 1.29 is 0 Å². The second-order valence-electron chi connectivity index (χ2n) is 4.32. The van der Waals surface area contributed by atoms with Gasteiger partial charge in [0.25, 0.3) is 0 Å². The summed E-state index contributed by atoms with van der Waals surface area (Å²) in [4.78, 5) is 7.16.